The molecule has 0 atom stereocenters. The molecule has 1 heterocycles. The fourth-order valence-electron chi connectivity index (χ4n) is 1.79. The number of hydrogen-bond acceptors (Lipinski definition) is 0. The Hall–Kier alpha value is -0.726. The Labute approximate surface area is 153 Å². The van der Waals surface area contributed by atoms with Crippen molar-refractivity contribution in [2.24, 2.45) is 0 Å². The summed E-state index contributed by atoms with van der Waals surface area (Å²) in [6, 6.07) is 8.15. The molecule has 0 unspecified atom stereocenters. The Morgan fingerprint density at radius 3 is 2.10 bits per heavy atom. The standard InChI is InChI=1S/C10H7.C7H10N.2ClH.Ti/c1-8-6-9-4-2-3-5-10(9)7-8;1-5-4-8-7(3)6(5)2;;;/h2-6H,1H2;8H,1-3H3;2*1H;/q2*-1;;;+4/p-2. The van der Waals surface area contributed by atoms with E-state index in [0.717, 1.165) is 10.8 Å². The van der Waals surface area contributed by atoms with Crippen LogP contribution in [0.25, 0.3) is 12.2 Å². The third-order valence-corrected chi connectivity index (χ3v) is 3.15. The molecule has 0 aliphatic heterocycles. The Bertz CT molecular complexity index is 645. The van der Waals surface area contributed by atoms with Crippen LogP contribution in [0.3, 0.4) is 0 Å². The van der Waals surface area contributed by atoms with Gasteiger partial charge < -0.3 is 29.8 Å². The van der Waals surface area contributed by atoms with Crippen molar-refractivity contribution in [1.82, 2.24) is 4.98 Å². The van der Waals surface area contributed by atoms with Crippen LogP contribution in [-0.4, -0.2) is 4.98 Å². The number of fused-ring (bicyclic) bond motifs is 1. The van der Waals surface area contributed by atoms with Gasteiger partial charge in [0, 0.05) is 0 Å². The Kier molecular flexibility index (Phi) is 10.8. The molecule has 21 heavy (non-hydrogen) atoms. The molecule has 1 aliphatic rings. The van der Waals surface area contributed by atoms with E-state index in [-0.39, 0.29) is 46.5 Å². The van der Waals surface area contributed by atoms with Gasteiger partial charge in [-0.1, -0.05) is 39.0 Å². The summed E-state index contributed by atoms with van der Waals surface area (Å²) in [5.74, 6) is 0. The molecule has 3 rings (SSSR count). The number of benzene rings is 1. The van der Waals surface area contributed by atoms with E-state index in [1.807, 2.05) is 24.3 Å². The van der Waals surface area contributed by atoms with Gasteiger partial charge in [0.25, 0.3) is 0 Å². The van der Waals surface area contributed by atoms with E-state index < -0.39 is 0 Å². The van der Waals surface area contributed by atoms with Gasteiger partial charge in [0.05, 0.1) is 0 Å². The second kappa shape index (κ2) is 10.1. The molecule has 4 heteroatoms. The zero-order valence-corrected chi connectivity index (χ0v) is 15.4. The third-order valence-electron chi connectivity index (χ3n) is 3.15. The summed E-state index contributed by atoms with van der Waals surface area (Å²) in [7, 11) is 0. The number of aromatic amines is 1. The summed E-state index contributed by atoms with van der Waals surface area (Å²) < 4.78 is 0. The molecule has 0 fully saturated rings. The van der Waals surface area contributed by atoms with Crippen molar-refractivity contribution in [1.29, 1.82) is 0 Å². The zero-order valence-electron chi connectivity index (χ0n) is 12.3. The van der Waals surface area contributed by atoms with E-state index in [4.69, 9.17) is 0 Å². The maximum Gasteiger partial charge on any atom is 4.00 e. The fraction of sp³-hybridized carbons (Fsp3) is 0.176. The largest absolute Gasteiger partial charge is 4.00 e. The van der Waals surface area contributed by atoms with Crippen LogP contribution in [0.2, 0.25) is 0 Å². The van der Waals surface area contributed by atoms with Crippen LogP contribution in [0.5, 0.6) is 0 Å². The molecule has 0 spiro atoms. The smallest absolute Gasteiger partial charge is 1.00 e. The first kappa shape index (κ1) is 22.6. The first-order valence-electron chi connectivity index (χ1n) is 6.01. The van der Waals surface area contributed by atoms with Gasteiger partial charge in [0.2, 0.25) is 0 Å². The molecule has 2 aromatic rings. The van der Waals surface area contributed by atoms with E-state index in [2.05, 4.69) is 50.7 Å². The maximum absolute atomic E-state index is 3.80. The zero-order chi connectivity index (χ0) is 13.1. The summed E-state index contributed by atoms with van der Waals surface area (Å²) in [6.07, 6.45) is 8.20. The van der Waals surface area contributed by atoms with Crippen LogP contribution in [0.4, 0.5) is 0 Å². The number of aromatic nitrogens is 1. The number of halogens is 2. The van der Waals surface area contributed by atoms with Crippen LogP contribution in [0, 0.1) is 27.0 Å². The van der Waals surface area contributed by atoms with Gasteiger partial charge in [-0.25, -0.2) is 0 Å². The molecule has 1 aromatic carbocycles. The third kappa shape index (κ3) is 5.88. The van der Waals surface area contributed by atoms with Crippen LogP contribution in [0.15, 0.2) is 36.4 Å². The Morgan fingerprint density at radius 2 is 1.67 bits per heavy atom. The molecule has 0 amide bonds. The summed E-state index contributed by atoms with van der Waals surface area (Å²) in [5.41, 5.74) is 4.75. The van der Waals surface area contributed by atoms with Crippen molar-refractivity contribution in [2.45, 2.75) is 20.8 Å². The first-order valence-corrected chi connectivity index (χ1v) is 6.01. The SMILES string of the molecule is C=C1[C-]=c2ccccc2=C1.Cc1[c-][nH]c(C)c1C.[Cl-].[Cl-].[Ti+4]. The summed E-state index contributed by atoms with van der Waals surface area (Å²) in [6.45, 7) is 10.0. The second-order valence-corrected chi connectivity index (χ2v) is 4.51. The number of allylic oxidation sites excluding steroid dienone is 1. The van der Waals surface area contributed by atoms with Gasteiger partial charge in [-0.15, -0.1) is 46.1 Å². The van der Waals surface area contributed by atoms with E-state index in [1.54, 1.807) is 0 Å². The molecule has 0 radical (unpaired) electrons. The predicted octanol–water partition coefficient (Wildman–Crippen LogP) is -3.56. The van der Waals surface area contributed by atoms with Crippen LogP contribution in [-0.2, 0) is 21.7 Å². The molecule has 1 aromatic heterocycles. The average Bonchev–Trinajstić information content (AvgIpc) is 2.87. The summed E-state index contributed by atoms with van der Waals surface area (Å²) >= 11 is 0. The first-order chi connectivity index (χ1) is 8.58. The molecule has 1 aliphatic carbocycles. The van der Waals surface area contributed by atoms with Gasteiger partial charge in [-0.05, 0) is 0 Å². The number of H-pyrrole nitrogens is 1. The molecule has 0 saturated carbocycles. The molecule has 1 N–H and O–H groups in total. The number of aryl methyl sites for hydroxylation is 2. The minimum absolute atomic E-state index is 0. The molecular formula is C17H17Cl2NTi. The topological polar surface area (TPSA) is 15.8 Å². The second-order valence-electron chi connectivity index (χ2n) is 4.51. The van der Waals surface area contributed by atoms with Gasteiger partial charge in [-0.2, -0.15) is 17.7 Å². The van der Waals surface area contributed by atoms with Crippen molar-refractivity contribution < 1.29 is 46.5 Å². The van der Waals surface area contributed by atoms with E-state index in [9.17, 15) is 0 Å². The maximum atomic E-state index is 3.80. The van der Waals surface area contributed by atoms with Crippen molar-refractivity contribution >= 4 is 12.2 Å². The number of nitrogens with one attached hydrogen (secondary N) is 1. The summed E-state index contributed by atoms with van der Waals surface area (Å²) in [4.78, 5) is 3.01. The molecule has 0 saturated heterocycles. The Balaban J connectivity index is 0. The van der Waals surface area contributed by atoms with E-state index >= 15 is 0 Å². The Morgan fingerprint density at radius 1 is 1.05 bits per heavy atom. The van der Waals surface area contributed by atoms with E-state index in [1.165, 1.54) is 22.0 Å². The quantitative estimate of drug-likeness (QED) is 0.373. The van der Waals surface area contributed by atoms with Crippen molar-refractivity contribution in [3.8, 4) is 0 Å². The van der Waals surface area contributed by atoms with Crippen molar-refractivity contribution in [3.05, 3.63) is 69.9 Å². The van der Waals surface area contributed by atoms with Gasteiger partial charge >= 0.3 is 21.7 Å². The monoisotopic (exact) mass is 353 g/mol. The van der Waals surface area contributed by atoms with Crippen LogP contribution < -0.4 is 35.3 Å². The van der Waals surface area contributed by atoms with Crippen molar-refractivity contribution in [2.75, 3.05) is 0 Å². The van der Waals surface area contributed by atoms with E-state index in [0.29, 0.717) is 0 Å². The minimum Gasteiger partial charge on any atom is -1.00 e. The van der Waals surface area contributed by atoms with Gasteiger partial charge in [0.15, 0.2) is 0 Å². The summed E-state index contributed by atoms with van der Waals surface area (Å²) in [5, 5.41) is 2.39. The predicted molar refractivity (Wildman–Crippen MR) is 76.5 cm³/mol. The number of hydrogen-bond donors (Lipinski definition) is 1. The van der Waals surface area contributed by atoms with Crippen molar-refractivity contribution in [3.63, 3.8) is 0 Å². The minimum atomic E-state index is 0. The van der Waals surface area contributed by atoms with Crippen LogP contribution in [0.1, 0.15) is 16.8 Å². The molecule has 108 valence electrons. The van der Waals surface area contributed by atoms with Gasteiger partial charge in [-0.3, -0.25) is 0 Å². The number of rotatable bonds is 0. The average molecular weight is 354 g/mol. The molecular weight excluding hydrogens is 337 g/mol. The normalized spacial score (nSPS) is 10.3. The van der Waals surface area contributed by atoms with Crippen LogP contribution >= 0.6 is 0 Å². The fourth-order valence-corrected chi connectivity index (χ4v) is 1.79. The molecule has 0 bridgehead atoms. The molecule has 1 nitrogen and oxygen atoms in total. The van der Waals surface area contributed by atoms with Gasteiger partial charge in [0.1, 0.15) is 0 Å².